The summed E-state index contributed by atoms with van der Waals surface area (Å²) in [7, 11) is 0. The van der Waals surface area contributed by atoms with Crippen LogP contribution in [-0.4, -0.2) is 9.38 Å². The third-order valence-electron chi connectivity index (χ3n) is 2.51. The molecule has 0 aromatic carbocycles. The number of aryl methyl sites for hydroxylation is 1. The Kier molecular flexibility index (Phi) is 2.28. The molecular weight excluding hydrogens is 172 g/mol. The van der Waals surface area contributed by atoms with Crippen molar-refractivity contribution in [1.29, 1.82) is 0 Å². The molecule has 14 heavy (non-hydrogen) atoms. The molecule has 0 amide bonds. The van der Waals surface area contributed by atoms with E-state index in [0.29, 0.717) is 5.92 Å². The number of hydrogen-bond acceptors (Lipinski definition) is 1. The van der Waals surface area contributed by atoms with Crippen LogP contribution in [0.25, 0.3) is 5.52 Å². The average molecular weight is 188 g/mol. The number of pyridine rings is 1. The van der Waals surface area contributed by atoms with E-state index in [1.807, 2.05) is 0 Å². The Morgan fingerprint density at radius 1 is 1.36 bits per heavy atom. The second-order valence-electron chi connectivity index (χ2n) is 3.88. The summed E-state index contributed by atoms with van der Waals surface area (Å²) < 4.78 is 2.19. The fourth-order valence-corrected chi connectivity index (χ4v) is 1.80. The molecule has 0 aliphatic heterocycles. The van der Waals surface area contributed by atoms with Crippen LogP contribution in [0.4, 0.5) is 0 Å². The third-order valence-corrected chi connectivity index (χ3v) is 2.51. The molecule has 0 saturated heterocycles. The van der Waals surface area contributed by atoms with Gasteiger partial charge < -0.3 is 4.40 Å². The van der Waals surface area contributed by atoms with Gasteiger partial charge in [0, 0.05) is 12.6 Å². The van der Waals surface area contributed by atoms with Gasteiger partial charge in [0.25, 0.3) is 0 Å². The zero-order valence-electron chi connectivity index (χ0n) is 8.99. The summed E-state index contributed by atoms with van der Waals surface area (Å²) in [6.07, 6.45) is 3.07. The molecule has 0 spiro atoms. The number of rotatable bonds is 2. The quantitative estimate of drug-likeness (QED) is 0.708. The molecule has 0 bridgehead atoms. The minimum Gasteiger partial charge on any atom is -0.303 e. The highest BCUT2D eigenvalue weighted by atomic mass is 15.0. The van der Waals surface area contributed by atoms with Crippen LogP contribution >= 0.6 is 0 Å². The molecule has 2 aromatic rings. The van der Waals surface area contributed by atoms with Crippen LogP contribution in [0, 0.1) is 0 Å². The van der Waals surface area contributed by atoms with Crippen molar-refractivity contribution >= 4 is 5.52 Å². The van der Waals surface area contributed by atoms with E-state index >= 15 is 0 Å². The largest absolute Gasteiger partial charge is 0.303 e. The van der Waals surface area contributed by atoms with Gasteiger partial charge in [0.2, 0.25) is 0 Å². The van der Waals surface area contributed by atoms with Crippen molar-refractivity contribution in [1.82, 2.24) is 9.38 Å². The normalized spacial score (nSPS) is 11.4. The van der Waals surface area contributed by atoms with E-state index < -0.39 is 0 Å². The van der Waals surface area contributed by atoms with Crippen molar-refractivity contribution in [2.45, 2.75) is 33.1 Å². The van der Waals surface area contributed by atoms with Gasteiger partial charge in [-0.1, -0.05) is 26.8 Å². The van der Waals surface area contributed by atoms with Crippen molar-refractivity contribution < 1.29 is 0 Å². The Hall–Kier alpha value is -1.31. The van der Waals surface area contributed by atoms with E-state index in [4.69, 9.17) is 0 Å². The molecule has 2 nitrogen and oxygen atoms in total. The van der Waals surface area contributed by atoms with Crippen LogP contribution in [0.3, 0.4) is 0 Å². The first-order valence-corrected chi connectivity index (χ1v) is 5.20. The van der Waals surface area contributed by atoms with E-state index in [2.05, 4.69) is 54.6 Å². The van der Waals surface area contributed by atoms with Crippen LogP contribution in [0.5, 0.6) is 0 Å². The molecule has 0 aliphatic rings. The van der Waals surface area contributed by atoms with Crippen LogP contribution < -0.4 is 0 Å². The highest BCUT2D eigenvalue weighted by molar-refractivity contribution is 5.54. The van der Waals surface area contributed by atoms with Gasteiger partial charge in [-0.3, -0.25) is 0 Å². The summed E-state index contributed by atoms with van der Waals surface area (Å²) >= 11 is 0. The summed E-state index contributed by atoms with van der Waals surface area (Å²) in [6, 6.07) is 6.27. The molecule has 0 atom stereocenters. The Morgan fingerprint density at radius 2 is 2.14 bits per heavy atom. The molecule has 0 aliphatic carbocycles. The average Bonchev–Trinajstić information content (AvgIpc) is 2.56. The van der Waals surface area contributed by atoms with Gasteiger partial charge in [-0.05, 0) is 18.1 Å². The van der Waals surface area contributed by atoms with E-state index in [9.17, 15) is 0 Å². The van der Waals surface area contributed by atoms with Crippen molar-refractivity contribution in [3.63, 3.8) is 0 Å². The SMILES string of the molecule is CCc1nc(C(C)C)c2ccccn12. The second-order valence-corrected chi connectivity index (χ2v) is 3.88. The molecule has 2 heteroatoms. The van der Waals surface area contributed by atoms with Gasteiger partial charge in [-0.25, -0.2) is 4.98 Å². The maximum atomic E-state index is 4.67. The summed E-state index contributed by atoms with van der Waals surface area (Å²) in [4.78, 5) is 4.67. The highest BCUT2D eigenvalue weighted by Gasteiger charge is 2.11. The minimum atomic E-state index is 0.493. The Morgan fingerprint density at radius 3 is 2.79 bits per heavy atom. The first-order valence-electron chi connectivity index (χ1n) is 5.20. The lowest BCUT2D eigenvalue weighted by molar-refractivity contribution is 0.827. The third kappa shape index (κ3) is 1.31. The first-order chi connectivity index (χ1) is 6.74. The minimum absolute atomic E-state index is 0.493. The van der Waals surface area contributed by atoms with Crippen molar-refractivity contribution in [3.05, 3.63) is 35.9 Å². The van der Waals surface area contributed by atoms with Crippen LogP contribution in [0.1, 0.15) is 38.2 Å². The molecule has 0 fully saturated rings. The van der Waals surface area contributed by atoms with Gasteiger partial charge in [0.15, 0.2) is 0 Å². The molecule has 0 saturated carbocycles. The summed E-state index contributed by atoms with van der Waals surface area (Å²) in [6.45, 7) is 6.52. The number of nitrogens with zero attached hydrogens (tertiary/aromatic N) is 2. The van der Waals surface area contributed by atoms with Gasteiger partial charge in [-0.2, -0.15) is 0 Å². The number of aromatic nitrogens is 2. The van der Waals surface area contributed by atoms with Crippen molar-refractivity contribution in [3.8, 4) is 0 Å². The van der Waals surface area contributed by atoms with Gasteiger partial charge in [0.05, 0.1) is 11.2 Å². The van der Waals surface area contributed by atoms with E-state index in [1.54, 1.807) is 0 Å². The first kappa shape index (κ1) is 9.25. The molecule has 74 valence electrons. The molecule has 0 N–H and O–H groups in total. The van der Waals surface area contributed by atoms with E-state index in [0.717, 1.165) is 12.2 Å². The molecule has 2 aromatic heterocycles. The molecule has 2 heterocycles. The second kappa shape index (κ2) is 3.45. The predicted molar refractivity (Wildman–Crippen MR) is 58.7 cm³/mol. The topological polar surface area (TPSA) is 17.3 Å². The van der Waals surface area contributed by atoms with Crippen molar-refractivity contribution in [2.24, 2.45) is 0 Å². The van der Waals surface area contributed by atoms with Crippen LogP contribution in [0.2, 0.25) is 0 Å². The fourth-order valence-electron chi connectivity index (χ4n) is 1.80. The predicted octanol–water partition coefficient (Wildman–Crippen LogP) is 3.02. The maximum Gasteiger partial charge on any atom is 0.113 e. The van der Waals surface area contributed by atoms with Gasteiger partial charge >= 0.3 is 0 Å². The Bertz CT molecular complexity index is 441. The molecule has 2 rings (SSSR count). The monoisotopic (exact) mass is 188 g/mol. The summed E-state index contributed by atoms with van der Waals surface area (Å²) in [5, 5.41) is 0. The lowest BCUT2D eigenvalue weighted by Crippen LogP contribution is -1.90. The smallest absolute Gasteiger partial charge is 0.113 e. The Labute approximate surface area is 84.6 Å². The lowest BCUT2D eigenvalue weighted by Gasteiger charge is -2.00. The van der Waals surface area contributed by atoms with E-state index in [1.165, 1.54) is 11.2 Å². The number of imidazole rings is 1. The highest BCUT2D eigenvalue weighted by Crippen LogP contribution is 2.20. The summed E-state index contributed by atoms with van der Waals surface area (Å²) in [5.41, 5.74) is 2.46. The number of fused-ring (bicyclic) bond motifs is 1. The lowest BCUT2D eigenvalue weighted by atomic mass is 10.1. The molecule has 0 radical (unpaired) electrons. The Balaban J connectivity index is 2.73. The summed E-state index contributed by atoms with van der Waals surface area (Å²) in [5.74, 6) is 1.65. The standard InChI is InChI=1S/C12H16N2/c1-4-11-13-12(9(2)3)10-7-5-6-8-14(10)11/h5-9H,4H2,1-3H3. The molecule has 0 unspecified atom stereocenters. The zero-order valence-corrected chi connectivity index (χ0v) is 8.99. The zero-order chi connectivity index (χ0) is 10.1. The van der Waals surface area contributed by atoms with Crippen LogP contribution in [0.15, 0.2) is 24.4 Å². The van der Waals surface area contributed by atoms with Gasteiger partial charge in [0.1, 0.15) is 5.82 Å². The van der Waals surface area contributed by atoms with Gasteiger partial charge in [-0.15, -0.1) is 0 Å². The fraction of sp³-hybridized carbons (Fsp3) is 0.417. The van der Waals surface area contributed by atoms with Crippen LogP contribution in [-0.2, 0) is 6.42 Å². The maximum absolute atomic E-state index is 4.67. The van der Waals surface area contributed by atoms with E-state index in [-0.39, 0.29) is 0 Å². The van der Waals surface area contributed by atoms with Crippen molar-refractivity contribution in [2.75, 3.05) is 0 Å². The molecular formula is C12H16N2. The number of hydrogen-bond donors (Lipinski definition) is 0.